The Morgan fingerprint density at radius 1 is 0.818 bits per heavy atom. The fraction of sp³-hybridized carbons (Fsp3) is 0.773. The fourth-order valence-electron chi connectivity index (χ4n) is 3.06. The van der Waals surface area contributed by atoms with E-state index in [1.807, 2.05) is 27.7 Å². The molecule has 7 N–H and O–H groups in total. The van der Waals surface area contributed by atoms with E-state index in [-0.39, 0.29) is 18.3 Å². The van der Waals surface area contributed by atoms with Crippen LogP contribution in [0.1, 0.15) is 67.2 Å². The van der Waals surface area contributed by atoms with Crippen LogP contribution < -0.4 is 21.7 Å². The van der Waals surface area contributed by atoms with Crippen molar-refractivity contribution in [3.63, 3.8) is 0 Å². The maximum atomic E-state index is 13.0. The van der Waals surface area contributed by atoms with Crippen LogP contribution in [0, 0.1) is 17.8 Å². The summed E-state index contributed by atoms with van der Waals surface area (Å²) >= 11 is 0. The van der Waals surface area contributed by atoms with Crippen molar-refractivity contribution in [2.75, 3.05) is 0 Å². The van der Waals surface area contributed by atoms with E-state index in [2.05, 4.69) is 16.0 Å². The number of carbonyl (C=O) groups excluding carboxylic acids is 3. The summed E-state index contributed by atoms with van der Waals surface area (Å²) in [5, 5.41) is 25.6. The molecule has 0 aliphatic heterocycles. The van der Waals surface area contributed by atoms with Gasteiger partial charge < -0.3 is 31.9 Å². The van der Waals surface area contributed by atoms with Crippen LogP contribution in [0.5, 0.6) is 0 Å². The van der Waals surface area contributed by atoms with Crippen molar-refractivity contribution >= 4 is 29.7 Å². The predicted molar refractivity (Wildman–Crippen MR) is 122 cm³/mol. The zero-order valence-electron chi connectivity index (χ0n) is 20.4. The molecule has 11 heteroatoms. The minimum absolute atomic E-state index is 0.0552. The maximum Gasteiger partial charge on any atom is 0.326 e. The Bertz CT molecular complexity index is 696. The van der Waals surface area contributed by atoms with Crippen molar-refractivity contribution in [2.45, 2.75) is 91.4 Å². The molecule has 0 spiro atoms. The van der Waals surface area contributed by atoms with Crippen molar-refractivity contribution in [3.05, 3.63) is 0 Å². The summed E-state index contributed by atoms with van der Waals surface area (Å²) in [4.78, 5) is 60.4. The SMILES string of the molecule is CCC(C)C(N)C(=O)NC(CC(C)C)C(=O)NC(C(=O)NC(CCC(=O)O)C(=O)O)C(C)C. The third-order valence-corrected chi connectivity index (χ3v) is 5.41. The van der Waals surface area contributed by atoms with Gasteiger partial charge in [0.1, 0.15) is 18.1 Å². The standard InChI is InChI=1S/C22H40N4O7/c1-7-13(6)17(23)20(30)25-15(10-11(2)3)19(29)26-18(12(4)5)21(31)24-14(22(32)33)8-9-16(27)28/h11-15,17-18H,7-10,23H2,1-6H3,(H,24,31)(H,25,30)(H,26,29)(H,27,28)(H,32,33). The van der Waals surface area contributed by atoms with Gasteiger partial charge in [-0.3, -0.25) is 19.2 Å². The molecule has 0 fully saturated rings. The number of hydrogen-bond acceptors (Lipinski definition) is 6. The van der Waals surface area contributed by atoms with Crippen molar-refractivity contribution in [1.82, 2.24) is 16.0 Å². The van der Waals surface area contributed by atoms with E-state index in [0.717, 1.165) is 0 Å². The number of carboxylic acids is 2. The number of rotatable bonds is 15. The summed E-state index contributed by atoms with van der Waals surface area (Å²) in [7, 11) is 0. The molecule has 5 atom stereocenters. The zero-order chi connectivity index (χ0) is 25.9. The van der Waals surface area contributed by atoms with Crippen LogP contribution in [0.15, 0.2) is 0 Å². The van der Waals surface area contributed by atoms with Crippen LogP contribution in [0.4, 0.5) is 0 Å². The zero-order valence-corrected chi connectivity index (χ0v) is 20.4. The number of hydrogen-bond donors (Lipinski definition) is 6. The highest BCUT2D eigenvalue weighted by molar-refractivity contribution is 5.94. The van der Waals surface area contributed by atoms with E-state index in [4.69, 9.17) is 10.8 Å². The Morgan fingerprint density at radius 3 is 1.79 bits per heavy atom. The summed E-state index contributed by atoms with van der Waals surface area (Å²) in [5.41, 5.74) is 5.98. The Balaban J connectivity index is 5.46. The average Bonchev–Trinajstić information content (AvgIpc) is 2.71. The number of carboxylic acid groups (broad SMARTS) is 2. The molecule has 0 saturated heterocycles. The Labute approximate surface area is 195 Å². The first-order chi connectivity index (χ1) is 15.2. The highest BCUT2D eigenvalue weighted by Crippen LogP contribution is 2.11. The first-order valence-corrected chi connectivity index (χ1v) is 11.3. The minimum Gasteiger partial charge on any atom is -0.481 e. The topological polar surface area (TPSA) is 188 Å². The second-order valence-electron chi connectivity index (χ2n) is 9.16. The van der Waals surface area contributed by atoms with Crippen molar-refractivity contribution in [2.24, 2.45) is 23.5 Å². The van der Waals surface area contributed by atoms with Gasteiger partial charge in [-0.15, -0.1) is 0 Å². The third-order valence-electron chi connectivity index (χ3n) is 5.41. The molecular formula is C22H40N4O7. The van der Waals surface area contributed by atoms with Gasteiger partial charge in [0.15, 0.2) is 0 Å². The Kier molecular flexibility index (Phi) is 13.3. The van der Waals surface area contributed by atoms with Crippen LogP contribution >= 0.6 is 0 Å². The van der Waals surface area contributed by atoms with Gasteiger partial charge in [0.05, 0.1) is 6.04 Å². The molecule has 0 bridgehead atoms. The van der Waals surface area contributed by atoms with Gasteiger partial charge in [-0.2, -0.15) is 0 Å². The lowest BCUT2D eigenvalue weighted by atomic mass is 9.97. The smallest absolute Gasteiger partial charge is 0.326 e. The molecule has 0 saturated carbocycles. The van der Waals surface area contributed by atoms with Gasteiger partial charge >= 0.3 is 11.9 Å². The summed E-state index contributed by atoms with van der Waals surface area (Å²) in [5.74, 6) is -4.78. The van der Waals surface area contributed by atoms with Crippen molar-refractivity contribution in [3.8, 4) is 0 Å². The molecule has 11 nitrogen and oxygen atoms in total. The average molecular weight is 473 g/mol. The number of carbonyl (C=O) groups is 5. The minimum atomic E-state index is -1.41. The number of nitrogens with one attached hydrogen (secondary N) is 3. The molecule has 0 aromatic rings. The van der Waals surface area contributed by atoms with E-state index < -0.39 is 66.2 Å². The summed E-state index contributed by atoms with van der Waals surface area (Å²) in [6.07, 6.45) is 0.273. The van der Waals surface area contributed by atoms with E-state index in [1.165, 1.54) is 0 Å². The van der Waals surface area contributed by atoms with Crippen molar-refractivity contribution < 1.29 is 34.2 Å². The van der Waals surface area contributed by atoms with Gasteiger partial charge in [0.25, 0.3) is 0 Å². The molecule has 0 radical (unpaired) electrons. The first-order valence-electron chi connectivity index (χ1n) is 11.3. The van der Waals surface area contributed by atoms with E-state index in [1.54, 1.807) is 13.8 Å². The van der Waals surface area contributed by atoms with E-state index >= 15 is 0 Å². The summed E-state index contributed by atoms with van der Waals surface area (Å²) in [6, 6.07) is -4.21. The molecule has 5 unspecified atom stereocenters. The van der Waals surface area contributed by atoms with Gasteiger partial charge in [-0.05, 0) is 30.6 Å². The number of amides is 3. The molecular weight excluding hydrogens is 432 g/mol. The van der Waals surface area contributed by atoms with Crippen LogP contribution in [0.3, 0.4) is 0 Å². The lowest BCUT2D eigenvalue weighted by molar-refractivity contribution is -0.143. The monoisotopic (exact) mass is 472 g/mol. The predicted octanol–water partition coefficient (Wildman–Crippen LogP) is 0.466. The molecule has 3 amide bonds. The second kappa shape index (κ2) is 14.5. The quantitative estimate of drug-likeness (QED) is 0.198. The lowest BCUT2D eigenvalue weighted by Crippen LogP contribution is -2.59. The first kappa shape index (κ1) is 30.3. The third kappa shape index (κ3) is 11.1. The van der Waals surface area contributed by atoms with Gasteiger partial charge in [0.2, 0.25) is 17.7 Å². The molecule has 0 aromatic carbocycles. The highest BCUT2D eigenvalue weighted by atomic mass is 16.4. The van der Waals surface area contributed by atoms with Gasteiger partial charge in [0, 0.05) is 6.42 Å². The summed E-state index contributed by atoms with van der Waals surface area (Å²) < 4.78 is 0. The lowest BCUT2D eigenvalue weighted by Gasteiger charge is -2.28. The largest absolute Gasteiger partial charge is 0.481 e. The molecule has 0 rings (SSSR count). The van der Waals surface area contributed by atoms with E-state index in [9.17, 15) is 29.1 Å². The normalized spacial score (nSPS) is 15.8. The van der Waals surface area contributed by atoms with Crippen LogP contribution in [-0.4, -0.2) is 64.0 Å². The Morgan fingerprint density at radius 2 is 1.36 bits per heavy atom. The maximum absolute atomic E-state index is 13.0. The molecule has 190 valence electrons. The molecule has 0 aliphatic carbocycles. The van der Waals surface area contributed by atoms with Crippen LogP contribution in [0.25, 0.3) is 0 Å². The molecule has 0 aliphatic rings. The van der Waals surface area contributed by atoms with Crippen LogP contribution in [-0.2, 0) is 24.0 Å². The molecule has 0 heterocycles. The Hall–Kier alpha value is -2.69. The number of aliphatic carboxylic acids is 2. The van der Waals surface area contributed by atoms with Gasteiger partial charge in [-0.25, -0.2) is 4.79 Å². The fourth-order valence-corrected chi connectivity index (χ4v) is 3.06. The molecule has 33 heavy (non-hydrogen) atoms. The highest BCUT2D eigenvalue weighted by Gasteiger charge is 2.32. The molecule has 0 aromatic heterocycles. The van der Waals surface area contributed by atoms with Crippen LogP contribution in [0.2, 0.25) is 0 Å². The van der Waals surface area contributed by atoms with Crippen molar-refractivity contribution in [1.29, 1.82) is 0 Å². The number of nitrogens with two attached hydrogens (primary N) is 1. The van der Waals surface area contributed by atoms with E-state index in [0.29, 0.717) is 12.8 Å². The second-order valence-corrected chi connectivity index (χ2v) is 9.16. The summed E-state index contributed by atoms with van der Waals surface area (Å²) in [6.45, 7) is 10.9. The van der Waals surface area contributed by atoms with Gasteiger partial charge in [-0.1, -0.05) is 48.0 Å².